The Morgan fingerprint density at radius 3 is 2.46 bits per heavy atom. The number of aromatic nitrogens is 6. The highest BCUT2D eigenvalue weighted by Crippen LogP contribution is 2.38. The molecule has 10 nitrogen and oxygen atoms in total. The number of aryl methyl sites for hydroxylation is 2. The van der Waals surface area contributed by atoms with Crippen LogP contribution in [0.15, 0.2) is 60.3 Å². The summed E-state index contributed by atoms with van der Waals surface area (Å²) in [5.74, 6) is 1.04. The zero-order valence-corrected chi connectivity index (χ0v) is 23.9. The first kappa shape index (κ1) is 25.8. The van der Waals surface area contributed by atoms with Gasteiger partial charge in [0.1, 0.15) is 11.5 Å². The van der Waals surface area contributed by atoms with Crippen molar-refractivity contribution in [3.63, 3.8) is 0 Å². The van der Waals surface area contributed by atoms with Gasteiger partial charge in [-0.15, -0.1) is 5.10 Å². The van der Waals surface area contributed by atoms with Gasteiger partial charge in [-0.25, -0.2) is 18.1 Å². The number of pyridine rings is 2. The Kier molecular flexibility index (Phi) is 6.35. The normalized spacial score (nSPS) is 17.4. The van der Waals surface area contributed by atoms with E-state index in [0.29, 0.717) is 26.3 Å². The standard InChI is InChI=1S/C30H31N7O3S/c1-20-28(35(2)34-33-20)23-18-25-27(31-19-23)24-8-9-26(36-12-16-41(38,39)17-13-36)32-30(24)37(25)29(21-6-4-3-5-7-21)22-10-14-40-15-11-22/h3-9,18-19H,10-17H2,1-2H3. The van der Waals surface area contributed by atoms with Crippen molar-refractivity contribution in [2.75, 3.05) is 42.7 Å². The monoisotopic (exact) mass is 569 g/mol. The molecule has 0 saturated carbocycles. The molecule has 0 amide bonds. The molecule has 2 saturated heterocycles. The molecule has 4 aromatic heterocycles. The lowest BCUT2D eigenvalue weighted by molar-refractivity contribution is 0.119. The van der Waals surface area contributed by atoms with Crippen LogP contribution in [-0.4, -0.2) is 75.8 Å². The number of anilines is 1. The molecule has 0 spiro atoms. The van der Waals surface area contributed by atoms with Crippen molar-refractivity contribution in [1.29, 1.82) is 0 Å². The smallest absolute Gasteiger partial charge is 0.153 e. The third kappa shape index (κ3) is 4.58. The molecule has 2 fully saturated rings. The fourth-order valence-electron chi connectivity index (χ4n) is 6.01. The summed E-state index contributed by atoms with van der Waals surface area (Å²) in [6.45, 7) is 4.16. The quantitative estimate of drug-likeness (QED) is 0.320. The van der Waals surface area contributed by atoms with E-state index in [2.05, 4.69) is 56.2 Å². The summed E-state index contributed by atoms with van der Waals surface area (Å²) >= 11 is 0. The predicted molar refractivity (Wildman–Crippen MR) is 159 cm³/mol. The number of hydrogen-bond acceptors (Lipinski definition) is 8. The Morgan fingerprint density at radius 2 is 1.76 bits per heavy atom. The van der Waals surface area contributed by atoms with Gasteiger partial charge in [-0.3, -0.25) is 9.55 Å². The van der Waals surface area contributed by atoms with Crippen LogP contribution in [0.25, 0.3) is 39.0 Å². The molecule has 11 heteroatoms. The Labute approximate surface area is 238 Å². The van der Waals surface area contributed by atoms with Crippen molar-refractivity contribution in [1.82, 2.24) is 29.5 Å². The SMILES string of the molecule is Cc1nnn(C)c1-c1cnc2c3ccc(N4CCS(=O)(=O)CC4)nc3n(C(=C3CCOCC3)c3ccccc3)c2c1. The number of sulfone groups is 1. The minimum absolute atomic E-state index is 0.137. The van der Waals surface area contributed by atoms with Crippen LogP contribution >= 0.6 is 0 Å². The molecule has 0 aliphatic carbocycles. The van der Waals surface area contributed by atoms with E-state index in [1.54, 1.807) is 4.68 Å². The zero-order valence-electron chi connectivity index (χ0n) is 23.1. The van der Waals surface area contributed by atoms with E-state index in [-0.39, 0.29) is 11.5 Å². The number of ether oxygens (including phenoxy) is 1. The summed E-state index contributed by atoms with van der Waals surface area (Å²) < 4.78 is 34.0. The van der Waals surface area contributed by atoms with E-state index in [0.717, 1.165) is 68.9 Å². The van der Waals surface area contributed by atoms with Gasteiger partial charge in [0.2, 0.25) is 0 Å². The molecule has 1 aromatic carbocycles. The Bertz CT molecular complexity index is 1880. The van der Waals surface area contributed by atoms with Gasteiger partial charge < -0.3 is 9.64 Å². The van der Waals surface area contributed by atoms with E-state index in [4.69, 9.17) is 14.7 Å². The summed E-state index contributed by atoms with van der Waals surface area (Å²) in [6, 6.07) is 16.6. The molecule has 210 valence electrons. The van der Waals surface area contributed by atoms with E-state index < -0.39 is 9.84 Å². The molecular formula is C30H31N7O3S. The van der Waals surface area contributed by atoms with Gasteiger partial charge in [0.15, 0.2) is 9.84 Å². The average molecular weight is 570 g/mol. The molecular weight excluding hydrogens is 538 g/mol. The predicted octanol–water partition coefficient (Wildman–Crippen LogP) is 3.99. The first-order valence-electron chi connectivity index (χ1n) is 13.9. The molecule has 0 radical (unpaired) electrons. The van der Waals surface area contributed by atoms with E-state index in [1.165, 1.54) is 5.57 Å². The van der Waals surface area contributed by atoms with Crippen LogP contribution in [0.5, 0.6) is 0 Å². The maximum Gasteiger partial charge on any atom is 0.153 e. The zero-order chi connectivity index (χ0) is 28.1. The Hall–Kier alpha value is -4.09. The molecule has 0 bridgehead atoms. The summed E-state index contributed by atoms with van der Waals surface area (Å²) in [5.41, 5.74) is 8.79. The fraction of sp³-hybridized carbons (Fsp3) is 0.333. The first-order valence-corrected chi connectivity index (χ1v) is 15.7. The van der Waals surface area contributed by atoms with Gasteiger partial charge in [0, 0.05) is 37.3 Å². The Morgan fingerprint density at radius 1 is 1.00 bits per heavy atom. The second-order valence-electron chi connectivity index (χ2n) is 10.7. The van der Waals surface area contributed by atoms with Crippen LogP contribution in [-0.2, 0) is 21.6 Å². The number of rotatable bonds is 4. The van der Waals surface area contributed by atoms with Crippen molar-refractivity contribution >= 4 is 43.4 Å². The minimum atomic E-state index is -3.01. The molecule has 0 N–H and O–H groups in total. The second-order valence-corrected chi connectivity index (χ2v) is 13.0. The van der Waals surface area contributed by atoms with Gasteiger partial charge in [-0.1, -0.05) is 35.5 Å². The molecule has 2 aliphatic heterocycles. The molecule has 41 heavy (non-hydrogen) atoms. The van der Waals surface area contributed by atoms with Crippen molar-refractivity contribution in [3.8, 4) is 11.3 Å². The van der Waals surface area contributed by atoms with Gasteiger partial charge >= 0.3 is 0 Å². The number of fused-ring (bicyclic) bond motifs is 3. The largest absolute Gasteiger partial charge is 0.381 e. The van der Waals surface area contributed by atoms with Crippen molar-refractivity contribution in [3.05, 3.63) is 71.6 Å². The minimum Gasteiger partial charge on any atom is -0.381 e. The number of hydrogen-bond donors (Lipinski definition) is 0. The maximum atomic E-state index is 12.1. The highest BCUT2D eigenvalue weighted by Gasteiger charge is 2.26. The second kappa shape index (κ2) is 10.1. The molecule has 5 aromatic rings. The maximum absolute atomic E-state index is 12.1. The van der Waals surface area contributed by atoms with Gasteiger partial charge in [-0.2, -0.15) is 0 Å². The third-order valence-electron chi connectivity index (χ3n) is 8.07. The highest BCUT2D eigenvalue weighted by atomic mass is 32.2. The number of benzene rings is 1. The van der Waals surface area contributed by atoms with E-state index in [9.17, 15) is 8.42 Å². The van der Waals surface area contributed by atoms with Crippen LogP contribution in [0.3, 0.4) is 0 Å². The fourth-order valence-corrected chi connectivity index (χ4v) is 7.21. The van der Waals surface area contributed by atoms with Crippen LogP contribution in [0.2, 0.25) is 0 Å². The lowest BCUT2D eigenvalue weighted by Gasteiger charge is -2.28. The summed E-state index contributed by atoms with van der Waals surface area (Å²) in [4.78, 5) is 12.3. The average Bonchev–Trinajstić information content (AvgIpc) is 3.49. The lowest BCUT2D eigenvalue weighted by Crippen LogP contribution is -2.40. The number of nitrogens with zero attached hydrogens (tertiary/aromatic N) is 7. The van der Waals surface area contributed by atoms with E-state index >= 15 is 0 Å². The van der Waals surface area contributed by atoms with E-state index in [1.807, 2.05) is 32.3 Å². The van der Waals surface area contributed by atoms with Crippen LogP contribution in [0, 0.1) is 6.92 Å². The summed E-state index contributed by atoms with van der Waals surface area (Å²) in [6.07, 6.45) is 3.53. The highest BCUT2D eigenvalue weighted by molar-refractivity contribution is 7.91. The van der Waals surface area contributed by atoms with Crippen molar-refractivity contribution < 1.29 is 13.2 Å². The van der Waals surface area contributed by atoms with Crippen LogP contribution in [0.4, 0.5) is 5.82 Å². The Balaban J connectivity index is 1.52. The molecule has 6 heterocycles. The van der Waals surface area contributed by atoms with Crippen molar-refractivity contribution in [2.24, 2.45) is 7.05 Å². The van der Waals surface area contributed by atoms with Gasteiger partial charge in [0.05, 0.1) is 52.8 Å². The van der Waals surface area contributed by atoms with Crippen LogP contribution in [0.1, 0.15) is 24.1 Å². The van der Waals surface area contributed by atoms with Crippen molar-refractivity contribution in [2.45, 2.75) is 19.8 Å². The van der Waals surface area contributed by atoms with Gasteiger partial charge in [-0.05, 0) is 49.1 Å². The first-order chi connectivity index (χ1) is 19.9. The molecule has 2 aliphatic rings. The van der Waals surface area contributed by atoms with Crippen LogP contribution < -0.4 is 4.90 Å². The lowest BCUT2D eigenvalue weighted by atomic mass is 9.99. The molecule has 0 atom stereocenters. The molecule has 7 rings (SSSR count). The topological polar surface area (TPSA) is 108 Å². The summed E-state index contributed by atoms with van der Waals surface area (Å²) in [5, 5.41) is 9.42. The molecule has 0 unspecified atom stereocenters. The van der Waals surface area contributed by atoms with Gasteiger partial charge in [0.25, 0.3) is 0 Å². The summed E-state index contributed by atoms with van der Waals surface area (Å²) in [7, 11) is -1.12. The third-order valence-corrected chi connectivity index (χ3v) is 9.68.